The molecule has 0 radical (unpaired) electrons. The molecular weight excluding hydrogens is 535 g/mol. The van der Waals surface area contributed by atoms with Crippen LogP contribution in [0.3, 0.4) is 0 Å². The Bertz CT molecular complexity index is 1330. The number of halogens is 2. The molecule has 206 valence electrons. The SMILES string of the molecule is CC(C)(C)CN1CCC(c2cc(-c3cc(Cl)cc(Cl)c3)nn2Cc2ccc(C(=O)N/C(N)=N/N=N)cc2)CC1. The van der Waals surface area contributed by atoms with Crippen molar-refractivity contribution in [3.63, 3.8) is 0 Å². The lowest BCUT2D eigenvalue weighted by atomic mass is 9.90. The molecule has 0 saturated carbocycles. The van der Waals surface area contributed by atoms with E-state index in [9.17, 15) is 4.79 Å². The van der Waals surface area contributed by atoms with Crippen LogP contribution in [0.5, 0.6) is 0 Å². The van der Waals surface area contributed by atoms with Crippen LogP contribution in [0.25, 0.3) is 11.3 Å². The quantitative estimate of drug-likeness (QED) is 0.137. The van der Waals surface area contributed by atoms with Gasteiger partial charge in [-0.1, -0.05) is 61.2 Å². The molecule has 1 aliphatic heterocycles. The van der Waals surface area contributed by atoms with Crippen LogP contribution in [0.4, 0.5) is 0 Å². The molecule has 2 aromatic carbocycles. The Balaban J connectivity index is 1.58. The van der Waals surface area contributed by atoms with Gasteiger partial charge >= 0.3 is 0 Å². The van der Waals surface area contributed by atoms with Gasteiger partial charge in [-0.05, 0) is 78.5 Å². The standard InChI is InChI=1S/C28H34Cl2N8O/c1-28(2,3)17-37-10-8-19(9-11-37)25-15-24(21-12-22(29)14-23(30)13-21)35-38(25)16-18-4-6-20(7-5-18)26(39)33-27(31)34-36-32/h4-7,12-15,19H,8-11,16-17H2,1-3H3,(H4,31,32,33,34,39). The fourth-order valence-electron chi connectivity index (χ4n) is 4.99. The molecule has 0 unspecified atom stereocenters. The summed E-state index contributed by atoms with van der Waals surface area (Å²) in [5, 5.41) is 14.6. The highest BCUT2D eigenvalue weighted by Crippen LogP contribution is 2.34. The van der Waals surface area contributed by atoms with Crippen LogP contribution in [0.2, 0.25) is 10.0 Å². The lowest BCUT2D eigenvalue weighted by Crippen LogP contribution is -2.38. The van der Waals surface area contributed by atoms with E-state index in [1.54, 1.807) is 18.2 Å². The van der Waals surface area contributed by atoms with Gasteiger partial charge in [0.15, 0.2) is 0 Å². The molecule has 4 N–H and O–H groups in total. The number of piperidine rings is 1. The minimum absolute atomic E-state index is 0.234. The van der Waals surface area contributed by atoms with Crippen LogP contribution in [0, 0.1) is 10.9 Å². The fourth-order valence-corrected chi connectivity index (χ4v) is 5.51. The largest absolute Gasteiger partial charge is 0.368 e. The number of nitrogens with two attached hydrogens (primary N) is 1. The molecule has 1 aromatic heterocycles. The number of likely N-dealkylation sites (tertiary alicyclic amines) is 1. The summed E-state index contributed by atoms with van der Waals surface area (Å²) in [7, 11) is 0. The van der Waals surface area contributed by atoms with Gasteiger partial charge in [0.05, 0.1) is 12.2 Å². The van der Waals surface area contributed by atoms with Crippen molar-refractivity contribution in [1.82, 2.24) is 20.0 Å². The summed E-state index contributed by atoms with van der Waals surface area (Å²) < 4.78 is 2.06. The molecule has 3 aromatic rings. The molecule has 1 saturated heterocycles. The van der Waals surface area contributed by atoms with Crippen molar-refractivity contribution in [2.24, 2.45) is 21.5 Å². The minimum Gasteiger partial charge on any atom is -0.368 e. The second-order valence-electron chi connectivity index (χ2n) is 11.1. The summed E-state index contributed by atoms with van der Waals surface area (Å²) in [6, 6.07) is 14.9. The van der Waals surface area contributed by atoms with E-state index in [1.807, 2.05) is 24.3 Å². The highest BCUT2D eigenvalue weighted by atomic mass is 35.5. The first-order chi connectivity index (χ1) is 18.5. The molecule has 0 bridgehead atoms. The van der Waals surface area contributed by atoms with Gasteiger partial charge in [0.1, 0.15) is 0 Å². The van der Waals surface area contributed by atoms with Crippen molar-refractivity contribution in [3.8, 4) is 11.3 Å². The first-order valence-electron chi connectivity index (χ1n) is 12.9. The van der Waals surface area contributed by atoms with E-state index in [0.29, 0.717) is 28.1 Å². The fraction of sp³-hybridized carbons (Fsp3) is 0.393. The van der Waals surface area contributed by atoms with Crippen molar-refractivity contribution in [2.75, 3.05) is 19.6 Å². The third-order valence-electron chi connectivity index (χ3n) is 6.62. The van der Waals surface area contributed by atoms with Gasteiger partial charge in [-0.3, -0.25) is 14.8 Å². The van der Waals surface area contributed by atoms with E-state index in [2.05, 4.69) is 52.1 Å². The third-order valence-corrected chi connectivity index (χ3v) is 7.06. The summed E-state index contributed by atoms with van der Waals surface area (Å²) in [6.45, 7) is 10.6. The number of hydrogen-bond acceptors (Lipinski definition) is 5. The van der Waals surface area contributed by atoms with Crippen molar-refractivity contribution in [3.05, 3.63) is 75.4 Å². The number of carbonyl (C=O) groups is 1. The average molecular weight is 570 g/mol. The number of benzene rings is 2. The number of hydrogen-bond donors (Lipinski definition) is 3. The summed E-state index contributed by atoms with van der Waals surface area (Å²) in [5.74, 6) is -0.275. The van der Waals surface area contributed by atoms with Crippen molar-refractivity contribution in [2.45, 2.75) is 46.1 Å². The highest BCUT2D eigenvalue weighted by molar-refractivity contribution is 6.35. The van der Waals surface area contributed by atoms with E-state index >= 15 is 0 Å². The van der Waals surface area contributed by atoms with Gasteiger partial charge < -0.3 is 10.6 Å². The topological polar surface area (TPSA) is 125 Å². The molecular formula is C28H34Cl2N8O. The zero-order valence-corrected chi connectivity index (χ0v) is 23.9. The lowest BCUT2D eigenvalue weighted by molar-refractivity contribution is 0.0976. The third kappa shape index (κ3) is 7.88. The van der Waals surface area contributed by atoms with E-state index in [1.165, 1.54) is 5.69 Å². The van der Waals surface area contributed by atoms with Gasteiger partial charge in [-0.25, -0.2) is 0 Å². The summed E-state index contributed by atoms with van der Waals surface area (Å²) >= 11 is 12.6. The Morgan fingerprint density at radius 1 is 1.10 bits per heavy atom. The van der Waals surface area contributed by atoms with Crippen LogP contribution in [-0.2, 0) is 6.54 Å². The second kappa shape index (κ2) is 12.3. The molecule has 11 heteroatoms. The van der Waals surface area contributed by atoms with Gasteiger partial charge in [-0.15, -0.1) is 0 Å². The van der Waals surface area contributed by atoms with E-state index < -0.39 is 5.91 Å². The predicted octanol–water partition coefficient (Wildman–Crippen LogP) is 6.12. The lowest BCUT2D eigenvalue weighted by Gasteiger charge is -2.36. The predicted molar refractivity (Wildman–Crippen MR) is 155 cm³/mol. The number of guanidine groups is 1. The van der Waals surface area contributed by atoms with Crippen molar-refractivity contribution >= 4 is 35.1 Å². The number of rotatable bonds is 7. The highest BCUT2D eigenvalue weighted by Gasteiger charge is 2.27. The van der Waals surface area contributed by atoms with Crippen LogP contribution < -0.4 is 11.1 Å². The maximum atomic E-state index is 12.4. The number of amides is 1. The molecule has 0 spiro atoms. The Hall–Kier alpha value is -3.27. The average Bonchev–Trinajstić information content (AvgIpc) is 3.27. The number of nitrogens with zero attached hydrogens (tertiary/aromatic N) is 5. The van der Waals surface area contributed by atoms with Crippen LogP contribution in [0.15, 0.2) is 58.9 Å². The molecule has 2 heterocycles. The van der Waals surface area contributed by atoms with E-state index in [-0.39, 0.29) is 11.4 Å². The van der Waals surface area contributed by atoms with Crippen LogP contribution >= 0.6 is 23.2 Å². The van der Waals surface area contributed by atoms with Crippen molar-refractivity contribution < 1.29 is 4.79 Å². The molecule has 1 fully saturated rings. The van der Waals surface area contributed by atoms with E-state index in [4.69, 9.17) is 39.6 Å². The van der Waals surface area contributed by atoms with Gasteiger partial charge in [0.2, 0.25) is 5.96 Å². The van der Waals surface area contributed by atoms with E-state index in [0.717, 1.165) is 49.3 Å². The van der Waals surface area contributed by atoms with Gasteiger partial charge in [0.25, 0.3) is 5.91 Å². The summed E-state index contributed by atoms with van der Waals surface area (Å²) in [4.78, 5) is 14.9. The summed E-state index contributed by atoms with van der Waals surface area (Å²) in [5.41, 5.74) is 16.8. The zero-order valence-electron chi connectivity index (χ0n) is 22.4. The molecule has 1 aliphatic rings. The molecule has 0 aliphatic carbocycles. The van der Waals surface area contributed by atoms with Gasteiger partial charge in [0, 0.05) is 39.3 Å². The van der Waals surface area contributed by atoms with Crippen LogP contribution in [-0.4, -0.2) is 46.2 Å². The Morgan fingerprint density at radius 2 is 1.74 bits per heavy atom. The minimum atomic E-state index is -0.423. The van der Waals surface area contributed by atoms with Crippen LogP contribution in [0.1, 0.15) is 61.1 Å². The maximum absolute atomic E-state index is 12.4. The Labute approximate surface area is 238 Å². The number of nitrogens with one attached hydrogen (secondary N) is 2. The Morgan fingerprint density at radius 3 is 2.33 bits per heavy atom. The van der Waals surface area contributed by atoms with Crippen molar-refractivity contribution in [1.29, 1.82) is 5.53 Å². The monoisotopic (exact) mass is 568 g/mol. The molecule has 39 heavy (non-hydrogen) atoms. The normalized spacial score (nSPS) is 15.4. The molecule has 4 rings (SSSR count). The molecule has 9 nitrogen and oxygen atoms in total. The summed E-state index contributed by atoms with van der Waals surface area (Å²) in [6.07, 6.45) is 2.12. The van der Waals surface area contributed by atoms with Gasteiger partial charge in [-0.2, -0.15) is 10.6 Å². The first kappa shape index (κ1) is 28.7. The second-order valence-corrected chi connectivity index (χ2v) is 12.0. The smallest absolute Gasteiger partial charge is 0.257 e. The first-order valence-corrected chi connectivity index (χ1v) is 13.6. The zero-order chi connectivity index (χ0) is 28.2. The Kier molecular flexibility index (Phi) is 9.04. The number of aromatic nitrogens is 2. The number of carbonyl (C=O) groups excluding carboxylic acids is 1. The molecule has 1 amide bonds. The maximum Gasteiger partial charge on any atom is 0.257 e. The molecule has 0 atom stereocenters.